The van der Waals surface area contributed by atoms with E-state index in [1.54, 1.807) is 12.1 Å². The Morgan fingerprint density at radius 3 is 2.08 bits per heavy atom. The Hall–Kier alpha value is -5.49. The van der Waals surface area contributed by atoms with E-state index >= 15 is 0 Å². The van der Waals surface area contributed by atoms with Gasteiger partial charge in [-0.2, -0.15) is 0 Å². The monoisotopic (exact) mass is 817 g/mol. The number of aromatic nitrogens is 4. The predicted octanol–water partition coefficient (Wildman–Crippen LogP) is 10.1. The van der Waals surface area contributed by atoms with Gasteiger partial charge in [-0.15, -0.1) is 47.5 Å². The Morgan fingerprint density at radius 1 is 0.612 bits per heavy atom. The fourth-order valence-corrected chi connectivity index (χ4v) is 5.55. The molecule has 0 aliphatic heterocycles. The summed E-state index contributed by atoms with van der Waals surface area (Å²) in [5.74, 6) is 0.241. The van der Waals surface area contributed by atoms with E-state index < -0.39 is 0 Å². The van der Waals surface area contributed by atoms with E-state index in [1.165, 1.54) is 5.56 Å². The quantitative estimate of drug-likeness (QED) is 0.178. The average Bonchev–Trinajstić information content (AvgIpc) is 3.46. The molecule has 3 aromatic carbocycles. The summed E-state index contributed by atoms with van der Waals surface area (Å²) in [6.07, 6.45) is 3.64. The Labute approximate surface area is 298 Å². The van der Waals surface area contributed by atoms with Crippen LogP contribution in [0.3, 0.4) is 0 Å². The van der Waals surface area contributed by atoms with Crippen LogP contribution in [0, 0.1) is 39.8 Å². The van der Waals surface area contributed by atoms with Crippen LogP contribution in [-0.2, 0) is 20.1 Å². The number of para-hydroxylation sites is 1. The molecule has 0 unspecified atom stereocenters. The van der Waals surface area contributed by atoms with Gasteiger partial charge in [0.25, 0.3) is 0 Å². The molecule has 6 nitrogen and oxygen atoms in total. The molecule has 7 heteroatoms. The summed E-state index contributed by atoms with van der Waals surface area (Å²) in [7, 11) is 0. The van der Waals surface area contributed by atoms with Crippen LogP contribution < -0.4 is 0 Å². The van der Waals surface area contributed by atoms with Crippen LogP contribution in [0.15, 0.2) is 120 Å². The molecule has 1 N–H and O–H groups in total. The van der Waals surface area contributed by atoms with Crippen molar-refractivity contribution in [2.45, 2.75) is 27.7 Å². The van der Waals surface area contributed by atoms with Crippen LogP contribution in [0.4, 0.5) is 0 Å². The van der Waals surface area contributed by atoms with Gasteiger partial charge in [0.15, 0.2) is 0 Å². The molecule has 0 spiro atoms. The van der Waals surface area contributed by atoms with Crippen LogP contribution >= 0.6 is 0 Å². The number of nitrogens with zero attached hydrogens (tertiary/aromatic N) is 4. The number of benzene rings is 3. The number of fused-ring (bicyclic) bond motifs is 3. The Morgan fingerprint density at radius 2 is 1.35 bits per heavy atom. The minimum atomic E-state index is 0. The number of rotatable bonds is 4. The van der Waals surface area contributed by atoms with E-state index in [-0.39, 0.29) is 25.9 Å². The summed E-state index contributed by atoms with van der Waals surface area (Å²) in [5.41, 5.74) is 12.5. The zero-order valence-electron chi connectivity index (χ0n) is 27.4. The van der Waals surface area contributed by atoms with Crippen molar-refractivity contribution < 1.29 is 29.6 Å². The molecule has 243 valence electrons. The van der Waals surface area contributed by atoms with Gasteiger partial charge in [0, 0.05) is 60.5 Å². The Balaban J connectivity index is 0.000000176. The molecule has 5 aromatic heterocycles. The number of furan rings is 1. The van der Waals surface area contributed by atoms with Gasteiger partial charge in [0.2, 0.25) is 5.71 Å². The zero-order valence-corrected chi connectivity index (χ0v) is 29.8. The second kappa shape index (κ2) is 14.3. The maximum absolute atomic E-state index is 9.91. The van der Waals surface area contributed by atoms with Crippen LogP contribution in [0.2, 0.25) is 0 Å². The van der Waals surface area contributed by atoms with Gasteiger partial charge in [-0.1, -0.05) is 65.6 Å². The van der Waals surface area contributed by atoms with Crippen LogP contribution in [-0.4, -0.2) is 25.0 Å². The van der Waals surface area contributed by atoms with Crippen molar-refractivity contribution in [3.63, 3.8) is 0 Å². The number of phenolic OH excluding ortho intramolecular Hbond substituents is 1. The third-order valence-electron chi connectivity index (χ3n) is 8.04. The van der Waals surface area contributed by atoms with Gasteiger partial charge in [0.1, 0.15) is 5.75 Å². The van der Waals surface area contributed by atoms with Gasteiger partial charge in [-0.25, -0.2) is 4.98 Å². The molecule has 8 rings (SSSR count). The predicted molar refractivity (Wildman–Crippen MR) is 191 cm³/mol. The van der Waals surface area contributed by atoms with Gasteiger partial charge in [0.05, 0.1) is 11.3 Å². The minimum Gasteiger partial charge on any atom is -0.507 e. The van der Waals surface area contributed by atoms with Crippen LogP contribution in [0.5, 0.6) is 5.75 Å². The van der Waals surface area contributed by atoms with Gasteiger partial charge >= 0.3 is 0 Å². The number of aromatic hydroxyl groups is 1. The summed E-state index contributed by atoms with van der Waals surface area (Å²) in [4.78, 5) is 18.3. The molecule has 0 atom stereocenters. The maximum atomic E-state index is 9.91. The topological polar surface area (TPSA) is 84.9 Å². The third-order valence-corrected chi connectivity index (χ3v) is 8.04. The first kappa shape index (κ1) is 33.4. The summed E-state index contributed by atoms with van der Waals surface area (Å²) >= 11 is 0. The molecule has 0 aliphatic carbocycles. The van der Waals surface area contributed by atoms with Crippen molar-refractivity contribution >= 4 is 22.1 Å². The summed E-state index contributed by atoms with van der Waals surface area (Å²) < 4.78 is 6.17. The van der Waals surface area contributed by atoms with E-state index in [9.17, 15) is 5.11 Å². The standard InChI is InChI=1S/C24H18N3O.C18H14NO.Ir/c1-14-6-8-25-21(10-14)17-12-19-18-5-4-16(3)27-24(18)28-23(19)20(13-17)22-11-15(2)7-9-26-22;1-13-9-11-14(12-10-13)16-6-4-7-17(19-16)15-5-2-3-8-18(15)20;/h4-12H,1-3H3;2-11,20H,1H3;/q2*-1;. The fourth-order valence-electron chi connectivity index (χ4n) is 5.55. The minimum absolute atomic E-state index is 0. The number of phenols is 1. The van der Waals surface area contributed by atoms with Crippen molar-refractivity contribution in [2.24, 2.45) is 0 Å². The van der Waals surface area contributed by atoms with Crippen LogP contribution in [0.25, 0.3) is 67.1 Å². The first-order chi connectivity index (χ1) is 23.3. The molecule has 0 fully saturated rings. The Kier molecular flexibility index (Phi) is 9.77. The molecule has 0 bridgehead atoms. The largest absolute Gasteiger partial charge is 0.507 e. The van der Waals surface area contributed by atoms with Crippen molar-refractivity contribution in [1.82, 2.24) is 19.9 Å². The number of hydrogen-bond donors (Lipinski definition) is 1. The number of pyridine rings is 4. The normalized spacial score (nSPS) is 10.8. The molecule has 0 amide bonds. The number of aryl methyl sites for hydroxylation is 4. The van der Waals surface area contributed by atoms with Gasteiger partial charge in [-0.05, 0) is 74.3 Å². The van der Waals surface area contributed by atoms with E-state index in [0.717, 1.165) is 78.2 Å². The molecule has 8 aromatic rings. The van der Waals surface area contributed by atoms with Crippen molar-refractivity contribution in [2.75, 3.05) is 0 Å². The number of hydrogen-bond acceptors (Lipinski definition) is 6. The first-order valence-electron chi connectivity index (χ1n) is 15.7. The molecular weight excluding hydrogens is 785 g/mol. The molecule has 0 saturated heterocycles. The van der Waals surface area contributed by atoms with Gasteiger partial charge < -0.3 is 9.52 Å². The maximum Gasteiger partial charge on any atom is 0.218 e. The van der Waals surface area contributed by atoms with Crippen molar-refractivity contribution in [1.29, 1.82) is 0 Å². The van der Waals surface area contributed by atoms with E-state index in [0.29, 0.717) is 5.71 Å². The second-order valence-corrected chi connectivity index (χ2v) is 11.9. The van der Waals surface area contributed by atoms with Gasteiger partial charge in [-0.3, -0.25) is 15.0 Å². The van der Waals surface area contributed by atoms with Crippen LogP contribution in [0.1, 0.15) is 22.4 Å². The third kappa shape index (κ3) is 7.19. The van der Waals surface area contributed by atoms with Crippen molar-refractivity contribution in [3.8, 4) is 50.8 Å². The summed E-state index contributed by atoms with van der Waals surface area (Å²) in [6.45, 7) is 8.11. The SMILES string of the molecule is Cc1c[c-]c(-c2cccc(-c3ccccc3O)n2)cc1.Cc1ccnc(-c2[c-]c(-c3cc(C)ccn3)c3oc4nc(C)ccc4c3c2)c1.[Ir]. The molecular formula is C42H32IrN4O2-2. The van der Waals surface area contributed by atoms with Crippen molar-refractivity contribution in [3.05, 3.63) is 150 Å². The molecule has 0 saturated carbocycles. The Bertz CT molecular complexity index is 2420. The molecule has 49 heavy (non-hydrogen) atoms. The molecule has 0 aliphatic rings. The second-order valence-electron chi connectivity index (χ2n) is 11.9. The fraction of sp³-hybridized carbons (Fsp3) is 0.0952. The van der Waals surface area contributed by atoms with E-state index in [1.807, 2.05) is 99.0 Å². The molecule has 5 heterocycles. The molecule has 1 radical (unpaired) electrons. The average molecular weight is 817 g/mol. The zero-order chi connectivity index (χ0) is 33.2. The summed E-state index contributed by atoms with van der Waals surface area (Å²) in [6, 6.07) is 40.0. The van der Waals surface area contributed by atoms with E-state index in [4.69, 9.17) is 4.42 Å². The van der Waals surface area contributed by atoms with E-state index in [2.05, 4.69) is 64.1 Å². The first-order valence-corrected chi connectivity index (χ1v) is 15.7. The summed E-state index contributed by atoms with van der Waals surface area (Å²) in [5, 5.41) is 11.9. The smallest absolute Gasteiger partial charge is 0.218 e.